The second kappa shape index (κ2) is 4.84. The van der Waals surface area contributed by atoms with Gasteiger partial charge in [-0.2, -0.15) is 5.10 Å². The molecule has 88 valence electrons. The molecule has 0 aromatic carbocycles. The van der Waals surface area contributed by atoms with Crippen molar-refractivity contribution in [2.45, 2.75) is 37.9 Å². The lowest BCUT2D eigenvalue weighted by atomic mass is 10.2. The summed E-state index contributed by atoms with van der Waals surface area (Å²) in [6, 6.07) is 0.203. The van der Waals surface area contributed by atoms with E-state index >= 15 is 0 Å². The summed E-state index contributed by atoms with van der Waals surface area (Å²) in [4.78, 5) is 11.2. The fourth-order valence-electron chi connectivity index (χ4n) is 1.56. The normalized spacial score (nSPS) is 17.3. The van der Waals surface area contributed by atoms with Crippen molar-refractivity contribution in [1.29, 1.82) is 0 Å². The van der Waals surface area contributed by atoms with E-state index < -0.39 is 0 Å². The summed E-state index contributed by atoms with van der Waals surface area (Å²) in [6.07, 6.45) is 6.23. The molecule has 0 saturated heterocycles. The molecule has 3 N–H and O–H groups in total. The van der Waals surface area contributed by atoms with E-state index in [-0.39, 0.29) is 11.9 Å². The molecule has 0 bridgehead atoms. The van der Waals surface area contributed by atoms with Gasteiger partial charge in [-0.25, -0.2) is 0 Å². The van der Waals surface area contributed by atoms with Crippen LogP contribution in [0.5, 0.6) is 0 Å². The van der Waals surface area contributed by atoms with Crippen molar-refractivity contribution < 1.29 is 4.79 Å². The molecule has 0 radical (unpaired) electrons. The highest BCUT2D eigenvalue weighted by Crippen LogP contribution is 2.20. The minimum atomic E-state index is -0.301. The molecule has 1 aromatic rings. The number of carbonyl (C=O) groups is 1. The highest BCUT2D eigenvalue weighted by atomic mass is 35.5. The lowest BCUT2D eigenvalue weighted by molar-refractivity contribution is -0.120. The molecular weight excluding hydrogens is 228 g/mol. The van der Waals surface area contributed by atoms with Crippen LogP contribution in [-0.4, -0.2) is 27.8 Å². The van der Waals surface area contributed by atoms with Crippen LogP contribution < -0.4 is 11.1 Å². The van der Waals surface area contributed by atoms with Gasteiger partial charge in [-0.05, 0) is 19.3 Å². The highest BCUT2D eigenvalue weighted by Gasteiger charge is 2.26. The molecule has 16 heavy (non-hydrogen) atoms. The number of aromatic nitrogens is 2. The van der Waals surface area contributed by atoms with Crippen LogP contribution in [0.2, 0.25) is 5.02 Å². The first-order chi connectivity index (χ1) is 7.65. The molecule has 2 rings (SSSR count). The topological polar surface area (TPSA) is 72.9 Å². The van der Waals surface area contributed by atoms with Crippen molar-refractivity contribution in [3.63, 3.8) is 0 Å². The maximum absolute atomic E-state index is 11.2. The molecule has 1 fully saturated rings. The van der Waals surface area contributed by atoms with Crippen LogP contribution in [0, 0.1) is 0 Å². The van der Waals surface area contributed by atoms with Gasteiger partial charge in [-0.3, -0.25) is 9.48 Å². The van der Waals surface area contributed by atoms with Crippen molar-refractivity contribution in [2.75, 3.05) is 0 Å². The largest absolute Gasteiger partial charge is 0.368 e. The molecule has 5 nitrogen and oxygen atoms in total. The highest BCUT2D eigenvalue weighted by molar-refractivity contribution is 6.30. The van der Waals surface area contributed by atoms with E-state index in [1.807, 2.05) is 0 Å². The lowest BCUT2D eigenvalue weighted by Gasteiger charge is -2.14. The molecule has 1 atom stereocenters. The maximum atomic E-state index is 11.2. The number of halogens is 1. The number of hydrogen-bond acceptors (Lipinski definition) is 3. The second-order valence-corrected chi connectivity index (χ2v) is 4.54. The van der Waals surface area contributed by atoms with Gasteiger partial charge in [0.05, 0.1) is 17.3 Å². The van der Waals surface area contributed by atoms with E-state index in [4.69, 9.17) is 17.3 Å². The van der Waals surface area contributed by atoms with Gasteiger partial charge in [0.15, 0.2) is 0 Å². The summed E-state index contributed by atoms with van der Waals surface area (Å²) in [5.74, 6) is -0.301. The van der Waals surface area contributed by atoms with Gasteiger partial charge in [0.25, 0.3) is 0 Å². The summed E-state index contributed by atoms with van der Waals surface area (Å²) in [5, 5.41) is 7.87. The quantitative estimate of drug-likeness (QED) is 0.765. The standard InChI is InChI=1S/C10H15ClN4O/c11-7-5-13-15(6-7)4-3-9(10(12)16)14-8-1-2-8/h5-6,8-9,14H,1-4H2,(H2,12,16). The summed E-state index contributed by atoms with van der Waals surface area (Å²) < 4.78 is 1.72. The monoisotopic (exact) mass is 242 g/mol. The minimum absolute atomic E-state index is 0.268. The average Bonchev–Trinajstić information content (AvgIpc) is 2.95. The van der Waals surface area contributed by atoms with Crippen LogP contribution in [0.4, 0.5) is 0 Å². The molecule has 1 saturated carbocycles. The summed E-state index contributed by atoms with van der Waals surface area (Å²) in [5.41, 5.74) is 5.32. The molecule has 1 aliphatic rings. The van der Waals surface area contributed by atoms with Crippen molar-refractivity contribution in [3.8, 4) is 0 Å². The number of nitrogens with one attached hydrogen (secondary N) is 1. The van der Waals surface area contributed by atoms with E-state index in [0.717, 1.165) is 12.8 Å². The number of hydrogen-bond donors (Lipinski definition) is 2. The van der Waals surface area contributed by atoms with Gasteiger partial charge in [0.1, 0.15) is 0 Å². The number of amides is 1. The predicted molar refractivity (Wildman–Crippen MR) is 61.0 cm³/mol. The number of nitrogens with zero attached hydrogens (tertiary/aromatic N) is 2. The van der Waals surface area contributed by atoms with Crippen molar-refractivity contribution in [3.05, 3.63) is 17.4 Å². The van der Waals surface area contributed by atoms with Crippen molar-refractivity contribution >= 4 is 17.5 Å². The number of aryl methyl sites for hydroxylation is 1. The van der Waals surface area contributed by atoms with E-state index in [1.54, 1.807) is 17.1 Å². The zero-order valence-corrected chi connectivity index (χ0v) is 9.65. The number of primary amides is 1. The van der Waals surface area contributed by atoms with Crippen molar-refractivity contribution in [2.24, 2.45) is 5.73 Å². The van der Waals surface area contributed by atoms with Crippen LogP contribution in [0.25, 0.3) is 0 Å². The molecule has 1 amide bonds. The van der Waals surface area contributed by atoms with E-state index in [9.17, 15) is 4.79 Å². The summed E-state index contributed by atoms with van der Waals surface area (Å²) in [7, 11) is 0. The summed E-state index contributed by atoms with van der Waals surface area (Å²) >= 11 is 5.74. The Morgan fingerprint density at radius 2 is 2.50 bits per heavy atom. The Hall–Kier alpha value is -1.07. The fraction of sp³-hybridized carbons (Fsp3) is 0.600. The van der Waals surface area contributed by atoms with E-state index in [0.29, 0.717) is 24.0 Å². The third-order valence-electron chi connectivity index (χ3n) is 2.61. The number of nitrogens with two attached hydrogens (primary N) is 1. The van der Waals surface area contributed by atoms with E-state index in [2.05, 4.69) is 10.4 Å². The molecule has 1 unspecified atom stereocenters. The van der Waals surface area contributed by atoms with Crippen LogP contribution >= 0.6 is 11.6 Å². The van der Waals surface area contributed by atoms with E-state index in [1.165, 1.54) is 0 Å². The smallest absolute Gasteiger partial charge is 0.234 e. The first-order valence-electron chi connectivity index (χ1n) is 5.38. The van der Waals surface area contributed by atoms with Gasteiger partial charge >= 0.3 is 0 Å². The SMILES string of the molecule is NC(=O)C(CCn1cc(Cl)cn1)NC1CC1. The molecule has 0 spiro atoms. The maximum Gasteiger partial charge on any atom is 0.234 e. The summed E-state index contributed by atoms with van der Waals surface area (Å²) in [6.45, 7) is 0.639. The van der Waals surface area contributed by atoms with Crippen LogP contribution in [0.15, 0.2) is 12.4 Å². The Bertz CT molecular complexity index is 375. The Labute approximate surface area is 98.9 Å². The third kappa shape index (κ3) is 3.21. The number of carbonyl (C=O) groups excluding carboxylic acids is 1. The van der Waals surface area contributed by atoms with Gasteiger partial charge < -0.3 is 11.1 Å². The van der Waals surface area contributed by atoms with Crippen LogP contribution in [0.1, 0.15) is 19.3 Å². The molecular formula is C10H15ClN4O. The molecule has 1 aromatic heterocycles. The van der Waals surface area contributed by atoms with Crippen LogP contribution in [-0.2, 0) is 11.3 Å². The zero-order valence-electron chi connectivity index (χ0n) is 8.90. The second-order valence-electron chi connectivity index (χ2n) is 4.11. The molecule has 6 heteroatoms. The Morgan fingerprint density at radius 3 is 3.00 bits per heavy atom. The average molecular weight is 243 g/mol. The van der Waals surface area contributed by atoms with Gasteiger partial charge in [0.2, 0.25) is 5.91 Å². The lowest BCUT2D eigenvalue weighted by Crippen LogP contribution is -2.43. The number of rotatable bonds is 6. The van der Waals surface area contributed by atoms with Gasteiger partial charge in [-0.1, -0.05) is 11.6 Å². The Kier molecular flexibility index (Phi) is 3.46. The predicted octanol–water partition coefficient (Wildman–Crippen LogP) is 0.532. The van der Waals surface area contributed by atoms with Gasteiger partial charge in [0, 0.05) is 18.8 Å². The fourth-order valence-corrected chi connectivity index (χ4v) is 1.72. The molecule has 1 aliphatic carbocycles. The van der Waals surface area contributed by atoms with Crippen molar-refractivity contribution in [1.82, 2.24) is 15.1 Å². The Morgan fingerprint density at radius 1 is 1.75 bits per heavy atom. The molecule has 1 heterocycles. The Balaban J connectivity index is 1.83. The zero-order chi connectivity index (χ0) is 11.5. The first kappa shape index (κ1) is 11.4. The third-order valence-corrected chi connectivity index (χ3v) is 2.80. The molecule has 0 aliphatic heterocycles. The minimum Gasteiger partial charge on any atom is -0.368 e. The van der Waals surface area contributed by atoms with Gasteiger partial charge in [-0.15, -0.1) is 0 Å². The van der Waals surface area contributed by atoms with Crippen LogP contribution in [0.3, 0.4) is 0 Å². The first-order valence-corrected chi connectivity index (χ1v) is 5.76.